The Morgan fingerprint density at radius 1 is 1.16 bits per heavy atom. The fraction of sp³-hybridized carbons (Fsp3) is 0.450. The van der Waals surface area contributed by atoms with Crippen molar-refractivity contribution < 1.29 is 9.84 Å². The smallest absolute Gasteiger partial charge is 0.142 e. The van der Waals surface area contributed by atoms with Crippen LogP contribution in [0.3, 0.4) is 0 Å². The molecule has 1 N–H and O–H groups in total. The number of aryl methyl sites for hydroxylation is 1. The van der Waals surface area contributed by atoms with Gasteiger partial charge < -0.3 is 9.84 Å². The average molecular weight is 378 g/mol. The van der Waals surface area contributed by atoms with E-state index in [-0.39, 0.29) is 5.75 Å². The number of ether oxygens (including phenoxy) is 1. The SMILES string of the molecule is Cc1ncc2c(c1O)COC2(c1cccc(Cl)c1Cl)C1CCCCC1. The number of rotatable bonds is 2. The van der Waals surface area contributed by atoms with Crippen molar-refractivity contribution in [3.63, 3.8) is 0 Å². The highest BCUT2D eigenvalue weighted by atomic mass is 35.5. The minimum Gasteiger partial charge on any atom is -0.506 e. The molecule has 5 heteroatoms. The van der Waals surface area contributed by atoms with Gasteiger partial charge in [-0.1, -0.05) is 54.6 Å². The van der Waals surface area contributed by atoms with Crippen molar-refractivity contribution in [2.45, 2.75) is 51.2 Å². The summed E-state index contributed by atoms with van der Waals surface area (Å²) in [5.41, 5.74) is 2.59. The van der Waals surface area contributed by atoms with Crippen molar-refractivity contribution in [1.29, 1.82) is 0 Å². The van der Waals surface area contributed by atoms with Crippen LogP contribution in [-0.4, -0.2) is 10.1 Å². The largest absolute Gasteiger partial charge is 0.506 e. The minimum atomic E-state index is -0.685. The molecule has 1 aliphatic carbocycles. The van der Waals surface area contributed by atoms with Gasteiger partial charge in [0.05, 0.1) is 22.3 Å². The first-order chi connectivity index (χ1) is 12.1. The topological polar surface area (TPSA) is 42.4 Å². The standard InChI is InChI=1S/C20H21Cl2NO2/c1-12-19(24)14-11-25-20(16(14)10-23-12,13-6-3-2-4-7-13)15-8-5-9-17(21)18(15)22/h5,8-10,13,24H,2-4,6-7,11H2,1H3. The first kappa shape index (κ1) is 17.1. The lowest BCUT2D eigenvalue weighted by Crippen LogP contribution is -2.38. The summed E-state index contributed by atoms with van der Waals surface area (Å²) in [5, 5.41) is 11.6. The van der Waals surface area contributed by atoms with Gasteiger partial charge in [0, 0.05) is 22.9 Å². The molecule has 1 aromatic carbocycles. The van der Waals surface area contributed by atoms with Gasteiger partial charge in [-0.15, -0.1) is 0 Å². The van der Waals surface area contributed by atoms with Crippen LogP contribution in [0.15, 0.2) is 24.4 Å². The molecule has 0 amide bonds. The van der Waals surface area contributed by atoms with E-state index in [1.165, 1.54) is 19.3 Å². The number of halogens is 2. The van der Waals surface area contributed by atoms with E-state index < -0.39 is 5.60 Å². The van der Waals surface area contributed by atoms with Gasteiger partial charge in [0.15, 0.2) is 0 Å². The van der Waals surface area contributed by atoms with Crippen molar-refractivity contribution >= 4 is 23.2 Å². The molecular weight excluding hydrogens is 357 g/mol. The monoisotopic (exact) mass is 377 g/mol. The highest BCUT2D eigenvalue weighted by Gasteiger charge is 2.50. The highest BCUT2D eigenvalue weighted by Crippen LogP contribution is 2.55. The maximum atomic E-state index is 10.5. The number of hydrogen-bond donors (Lipinski definition) is 1. The van der Waals surface area contributed by atoms with Gasteiger partial charge in [-0.2, -0.15) is 0 Å². The Labute approximate surface area is 157 Å². The molecule has 1 unspecified atom stereocenters. The second-order valence-electron chi connectivity index (χ2n) is 7.05. The molecule has 0 spiro atoms. The molecule has 1 atom stereocenters. The maximum Gasteiger partial charge on any atom is 0.142 e. The van der Waals surface area contributed by atoms with Crippen molar-refractivity contribution in [3.05, 3.63) is 56.8 Å². The fourth-order valence-electron chi connectivity index (χ4n) is 4.46. The predicted molar refractivity (Wildman–Crippen MR) is 99.2 cm³/mol. The number of fused-ring (bicyclic) bond motifs is 1. The lowest BCUT2D eigenvalue weighted by Gasteiger charge is -2.40. The minimum absolute atomic E-state index is 0.230. The van der Waals surface area contributed by atoms with Gasteiger partial charge in [-0.3, -0.25) is 4.98 Å². The van der Waals surface area contributed by atoms with Gasteiger partial charge in [0.2, 0.25) is 0 Å². The van der Waals surface area contributed by atoms with E-state index in [1.807, 2.05) is 25.3 Å². The van der Waals surface area contributed by atoms with E-state index in [2.05, 4.69) is 4.98 Å². The Bertz CT molecular complexity index is 818. The molecule has 0 radical (unpaired) electrons. The predicted octanol–water partition coefficient (Wildman–Crippen LogP) is 5.76. The first-order valence-corrected chi connectivity index (χ1v) is 9.57. The third-order valence-electron chi connectivity index (χ3n) is 5.72. The van der Waals surface area contributed by atoms with E-state index in [0.717, 1.165) is 29.5 Å². The zero-order valence-corrected chi connectivity index (χ0v) is 15.7. The van der Waals surface area contributed by atoms with Gasteiger partial charge in [0.1, 0.15) is 11.4 Å². The zero-order chi connectivity index (χ0) is 17.6. The molecule has 4 rings (SSSR count). The summed E-state index contributed by atoms with van der Waals surface area (Å²) in [6, 6.07) is 5.70. The molecule has 2 aromatic rings. The molecule has 0 bridgehead atoms. The van der Waals surface area contributed by atoms with Crippen molar-refractivity contribution in [2.24, 2.45) is 5.92 Å². The van der Waals surface area contributed by atoms with E-state index >= 15 is 0 Å². The summed E-state index contributed by atoms with van der Waals surface area (Å²) < 4.78 is 6.47. The van der Waals surface area contributed by atoms with Gasteiger partial charge in [-0.25, -0.2) is 0 Å². The van der Waals surface area contributed by atoms with Gasteiger partial charge >= 0.3 is 0 Å². The van der Waals surface area contributed by atoms with E-state index in [9.17, 15) is 5.11 Å². The molecule has 2 heterocycles. The van der Waals surface area contributed by atoms with Crippen LogP contribution in [0, 0.1) is 12.8 Å². The first-order valence-electron chi connectivity index (χ1n) is 8.82. The Kier molecular flexibility index (Phi) is 4.43. The van der Waals surface area contributed by atoms with Gasteiger partial charge in [-0.05, 0) is 31.7 Å². The van der Waals surface area contributed by atoms with Crippen LogP contribution in [0.25, 0.3) is 0 Å². The number of pyridine rings is 1. The molecule has 25 heavy (non-hydrogen) atoms. The number of nitrogens with zero attached hydrogens (tertiary/aromatic N) is 1. The number of aromatic hydroxyl groups is 1. The van der Waals surface area contributed by atoms with Crippen LogP contribution >= 0.6 is 23.2 Å². The third kappa shape index (κ3) is 2.56. The van der Waals surface area contributed by atoms with Crippen LogP contribution in [-0.2, 0) is 16.9 Å². The quantitative estimate of drug-likeness (QED) is 0.723. The zero-order valence-electron chi connectivity index (χ0n) is 14.2. The number of benzene rings is 1. The summed E-state index contributed by atoms with van der Waals surface area (Å²) in [5.74, 6) is 0.524. The molecule has 0 saturated heterocycles. The Balaban J connectivity index is 1.97. The van der Waals surface area contributed by atoms with Gasteiger partial charge in [0.25, 0.3) is 0 Å². The molecular formula is C20H21Cl2NO2. The summed E-state index contributed by atoms with van der Waals surface area (Å²) in [6.07, 6.45) is 7.58. The van der Waals surface area contributed by atoms with Crippen LogP contribution in [0.1, 0.15) is 54.5 Å². The number of aromatic nitrogens is 1. The lowest BCUT2D eigenvalue weighted by atomic mass is 9.70. The summed E-state index contributed by atoms with van der Waals surface area (Å²) >= 11 is 12.9. The van der Waals surface area contributed by atoms with Crippen LogP contribution < -0.4 is 0 Å². The molecule has 1 fully saturated rings. The lowest BCUT2D eigenvalue weighted by molar-refractivity contribution is -0.0608. The number of hydrogen-bond acceptors (Lipinski definition) is 3. The van der Waals surface area contributed by atoms with Crippen LogP contribution in [0.4, 0.5) is 0 Å². The Morgan fingerprint density at radius 3 is 2.68 bits per heavy atom. The highest BCUT2D eigenvalue weighted by molar-refractivity contribution is 6.42. The van der Waals surface area contributed by atoms with Crippen molar-refractivity contribution in [3.8, 4) is 5.75 Å². The van der Waals surface area contributed by atoms with Crippen LogP contribution in [0.2, 0.25) is 10.0 Å². The second kappa shape index (κ2) is 6.46. The second-order valence-corrected chi connectivity index (χ2v) is 7.83. The fourth-order valence-corrected chi connectivity index (χ4v) is 4.90. The molecule has 1 aliphatic heterocycles. The molecule has 132 valence electrons. The maximum absolute atomic E-state index is 10.5. The molecule has 2 aliphatic rings. The molecule has 1 aromatic heterocycles. The van der Waals surface area contributed by atoms with Crippen LogP contribution in [0.5, 0.6) is 5.75 Å². The van der Waals surface area contributed by atoms with Crippen molar-refractivity contribution in [1.82, 2.24) is 4.98 Å². The summed E-state index contributed by atoms with van der Waals surface area (Å²) in [7, 11) is 0. The third-order valence-corrected chi connectivity index (χ3v) is 6.54. The Hall–Kier alpha value is -1.29. The van der Waals surface area contributed by atoms with Crippen molar-refractivity contribution in [2.75, 3.05) is 0 Å². The van der Waals surface area contributed by atoms with E-state index in [0.29, 0.717) is 28.3 Å². The molecule has 1 saturated carbocycles. The normalized spacial score (nSPS) is 23.6. The van der Waals surface area contributed by atoms with E-state index in [1.54, 1.807) is 6.07 Å². The summed E-state index contributed by atoms with van der Waals surface area (Å²) in [4.78, 5) is 4.41. The average Bonchev–Trinajstić information content (AvgIpc) is 3.02. The Morgan fingerprint density at radius 2 is 1.92 bits per heavy atom. The van der Waals surface area contributed by atoms with E-state index in [4.69, 9.17) is 27.9 Å². The summed E-state index contributed by atoms with van der Waals surface area (Å²) in [6.45, 7) is 2.17. The molecule has 3 nitrogen and oxygen atoms in total.